The molecule has 5 heteroatoms. The van der Waals surface area contributed by atoms with Crippen LogP contribution >= 0.6 is 0 Å². The average molecular weight is 341 g/mol. The van der Waals surface area contributed by atoms with Crippen LogP contribution in [-0.2, 0) is 11.3 Å². The fourth-order valence-corrected chi connectivity index (χ4v) is 4.39. The highest BCUT2D eigenvalue weighted by molar-refractivity contribution is 5.62. The molecule has 0 saturated carbocycles. The van der Waals surface area contributed by atoms with Crippen LogP contribution in [0.1, 0.15) is 31.7 Å². The minimum absolute atomic E-state index is 0.177. The molecule has 25 heavy (non-hydrogen) atoms. The Kier molecular flexibility index (Phi) is 4.63. The van der Waals surface area contributed by atoms with Crippen LogP contribution < -0.4 is 0 Å². The van der Waals surface area contributed by atoms with Crippen molar-refractivity contribution in [1.29, 1.82) is 0 Å². The van der Waals surface area contributed by atoms with Gasteiger partial charge in [-0.2, -0.15) is 5.10 Å². The van der Waals surface area contributed by atoms with E-state index >= 15 is 0 Å². The largest absolute Gasteiger partial charge is 0.390 e. The van der Waals surface area contributed by atoms with E-state index in [1.807, 2.05) is 19.2 Å². The van der Waals surface area contributed by atoms with Gasteiger partial charge in [-0.3, -0.25) is 10.00 Å². The van der Waals surface area contributed by atoms with Gasteiger partial charge in [0.05, 0.1) is 24.1 Å². The number of aromatic amines is 1. The maximum Gasteiger partial charge on any atom is 0.0706 e. The summed E-state index contributed by atoms with van der Waals surface area (Å²) in [7, 11) is 0. The summed E-state index contributed by atoms with van der Waals surface area (Å²) >= 11 is 0. The average Bonchev–Trinajstić information content (AvgIpc) is 3.25. The first-order valence-electron chi connectivity index (χ1n) is 9.27. The van der Waals surface area contributed by atoms with E-state index < -0.39 is 5.60 Å². The highest BCUT2D eigenvalue weighted by Gasteiger charge is 2.44. The molecule has 3 atom stereocenters. The van der Waals surface area contributed by atoms with Crippen molar-refractivity contribution in [3.63, 3.8) is 0 Å². The smallest absolute Gasteiger partial charge is 0.0706 e. The fourth-order valence-electron chi connectivity index (χ4n) is 4.39. The summed E-state index contributed by atoms with van der Waals surface area (Å²) in [6.07, 6.45) is 4.97. The van der Waals surface area contributed by atoms with E-state index in [0.717, 1.165) is 31.6 Å². The van der Waals surface area contributed by atoms with Crippen LogP contribution in [0.25, 0.3) is 11.3 Å². The second-order valence-electron chi connectivity index (χ2n) is 7.60. The number of ether oxygens (including phenoxy) is 1. The molecule has 1 aromatic heterocycles. The number of rotatable bonds is 4. The van der Waals surface area contributed by atoms with Gasteiger partial charge < -0.3 is 9.84 Å². The number of aliphatic hydroxyl groups is 1. The molecule has 4 rings (SSSR count). The van der Waals surface area contributed by atoms with E-state index in [-0.39, 0.29) is 5.92 Å². The van der Waals surface area contributed by atoms with Gasteiger partial charge in [0.1, 0.15) is 0 Å². The number of hydrogen-bond donors (Lipinski definition) is 2. The van der Waals surface area contributed by atoms with Gasteiger partial charge in [-0.25, -0.2) is 0 Å². The van der Waals surface area contributed by atoms with Gasteiger partial charge in [0.25, 0.3) is 0 Å². The molecular weight excluding hydrogens is 314 g/mol. The first kappa shape index (κ1) is 16.8. The van der Waals surface area contributed by atoms with E-state index in [4.69, 9.17) is 4.74 Å². The molecule has 2 saturated heterocycles. The van der Waals surface area contributed by atoms with Gasteiger partial charge in [-0.05, 0) is 38.3 Å². The van der Waals surface area contributed by atoms with Gasteiger partial charge in [-0.1, -0.05) is 30.3 Å². The lowest BCUT2D eigenvalue weighted by Gasteiger charge is -2.43. The summed E-state index contributed by atoms with van der Waals surface area (Å²) in [5, 5.41) is 18.3. The monoisotopic (exact) mass is 341 g/mol. The Morgan fingerprint density at radius 1 is 1.36 bits per heavy atom. The zero-order valence-corrected chi connectivity index (χ0v) is 14.8. The molecular formula is C20H27N3O2. The number of H-pyrrole nitrogens is 1. The SMILES string of the molecule is C[C@]1(O)CCOC[C@H]1[C@@H]1CCCN1Cc1cn[nH]c1-c1ccccc1. The van der Waals surface area contributed by atoms with Crippen LogP contribution in [0.5, 0.6) is 0 Å². The van der Waals surface area contributed by atoms with Crippen LogP contribution in [0, 0.1) is 5.92 Å². The summed E-state index contributed by atoms with van der Waals surface area (Å²) < 4.78 is 5.70. The van der Waals surface area contributed by atoms with Crippen molar-refractivity contribution in [3.8, 4) is 11.3 Å². The van der Waals surface area contributed by atoms with E-state index in [1.54, 1.807) is 0 Å². The zero-order chi connectivity index (χ0) is 17.3. The Labute approximate surface area is 149 Å². The molecule has 3 heterocycles. The van der Waals surface area contributed by atoms with Crippen LogP contribution in [0.4, 0.5) is 0 Å². The molecule has 0 spiro atoms. The second-order valence-corrected chi connectivity index (χ2v) is 7.60. The maximum atomic E-state index is 10.8. The van der Waals surface area contributed by atoms with E-state index in [2.05, 4.69) is 39.4 Å². The molecule has 0 unspecified atom stereocenters. The summed E-state index contributed by atoms with van der Waals surface area (Å²) in [5.74, 6) is 0.177. The standard InChI is InChI=1S/C20H27N3O2/c1-20(24)9-11-25-14-17(20)18-8-5-10-23(18)13-16-12-21-22-19(16)15-6-3-2-4-7-15/h2-4,6-7,12,17-18,24H,5,8-11,13-14H2,1H3,(H,21,22)/t17-,18-,20-/m0/s1. The third-order valence-corrected chi connectivity index (χ3v) is 5.88. The molecule has 2 N–H and O–H groups in total. The van der Waals surface area contributed by atoms with Crippen molar-refractivity contribution in [1.82, 2.24) is 15.1 Å². The predicted molar refractivity (Wildman–Crippen MR) is 97.0 cm³/mol. The van der Waals surface area contributed by atoms with Crippen molar-refractivity contribution < 1.29 is 9.84 Å². The Morgan fingerprint density at radius 3 is 3.00 bits per heavy atom. The van der Waals surface area contributed by atoms with Gasteiger partial charge in [0, 0.05) is 30.7 Å². The molecule has 5 nitrogen and oxygen atoms in total. The molecule has 2 aliphatic rings. The Balaban J connectivity index is 1.54. The van der Waals surface area contributed by atoms with Crippen LogP contribution in [0.15, 0.2) is 36.5 Å². The van der Waals surface area contributed by atoms with Crippen LogP contribution in [-0.4, -0.2) is 51.6 Å². The lowest BCUT2D eigenvalue weighted by atomic mass is 9.79. The Hall–Kier alpha value is -1.69. The quantitative estimate of drug-likeness (QED) is 0.898. The number of nitrogens with one attached hydrogen (secondary N) is 1. The minimum Gasteiger partial charge on any atom is -0.390 e. The first-order valence-corrected chi connectivity index (χ1v) is 9.27. The van der Waals surface area contributed by atoms with Crippen molar-refractivity contribution in [2.24, 2.45) is 5.92 Å². The maximum absolute atomic E-state index is 10.8. The van der Waals surface area contributed by atoms with Crippen molar-refractivity contribution in [2.45, 2.75) is 44.4 Å². The number of benzene rings is 1. The first-order chi connectivity index (χ1) is 12.1. The van der Waals surface area contributed by atoms with Gasteiger partial charge in [0.15, 0.2) is 0 Å². The third kappa shape index (κ3) is 3.36. The lowest BCUT2D eigenvalue weighted by Crippen LogP contribution is -2.52. The summed E-state index contributed by atoms with van der Waals surface area (Å²) in [6.45, 7) is 5.22. The normalized spacial score (nSPS) is 30.6. The Bertz CT molecular complexity index is 698. The van der Waals surface area contributed by atoms with Gasteiger partial charge >= 0.3 is 0 Å². The highest BCUT2D eigenvalue weighted by Crippen LogP contribution is 2.37. The fraction of sp³-hybridized carbons (Fsp3) is 0.550. The topological polar surface area (TPSA) is 61.4 Å². The van der Waals surface area contributed by atoms with E-state index in [9.17, 15) is 5.11 Å². The van der Waals surface area contributed by atoms with Crippen molar-refractivity contribution in [2.75, 3.05) is 19.8 Å². The molecule has 134 valence electrons. The lowest BCUT2D eigenvalue weighted by molar-refractivity contribution is -0.123. The highest BCUT2D eigenvalue weighted by atomic mass is 16.5. The molecule has 0 radical (unpaired) electrons. The predicted octanol–water partition coefficient (Wildman–Crippen LogP) is 2.83. The summed E-state index contributed by atoms with van der Waals surface area (Å²) in [6, 6.07) is 10.7. The van der Waals surface area contributed by atoms with Crippen molar-refractivity contribution >= 4 is 0 Å². The number of aromatic nitrogens is 2. The van der Waals surface area contributed by atoms with Crippen LogP contribution in [0.2, 0.25) is 0 Å². The molecule has 2 aliphatic heterocycles. The minimum atomic E-state index is -0.635. The zero-order valence-electron chi connectivity index (χ0n) is 14.8. The van der Waals surface area contributed by atoms with Crippen molar-refractivity contribution in [3.05, 3.63) is 42.1 Å². The van der Waals surface area contributed by atoms with Crippen LogP contribution in [0.3, 0.4) is 0 Å². The molecule has 2 fully saturated rings. The second kappa shape index (κ2) is 6.90. The van der Waals surface area contributed by atoms with Gasteiger partial charge in [0.2, 0.25) is 0 Å². The molecule has 1 aromatic carbocycles. The molecule has 2 aromatic rings. The summed E-state index contributed by atoms with van der Waals surface area (Å²) in [4.78, 5) is 2.51. The number of hydrogen-bond acceptors (Lipinski definition) is 4. The van der Waals surface area contributed by atoms with Gasteiger partial charge in [-0.15, -0.1) is 0 Å². The van der Waals surface area contributed by atoms with E-state index in [1.165, 1.54) is 17.5 Å². The molecule has 0 aliphatic carbocycles. The summed E-state index contributed by atoms with van der Waals surface area (Å²) in [5.41, 5.74) is 2.84. The molecule has 0 amide bonds. The number of nitrogens with zero attached hydrogens (tertiary/aromatic N) is 2. The number of likely N-dealkylation sites (tertiary alicyclic amines) is 1. The Morgan fingerprint density at radius 2 is 2.20 bits per heavy atom. The third-order valence-electron chi connectivity index (χ3n) is 5.88. The molecule has 0 bridgehead atoms. The van der Waals surface area contributed by atoms with E-state index in [0.29, 0.717) is 19.3 Å².